The van der Waals surface area contributed by atoms with Crippen molar-refractivity contribution in [3.05, 3.63) is 33.9 Å². The first-order chi connectivity index (χ1) is 12.5. The molecule has 2 fully saturated rings. The second-order valence-electron chi connectivity index (χ2n) is 6.45. The maximum Gasteiger partial charge on any atom is 0.270 e. The number of benzene rings is 1. The number of nitrogens with zero attached hydrogens (tertiary/aromatic N) is 3. The second kappa shape index (κ2) is 9.01. The van der Waals surface area contributed by atoms with Gasteiger partial charge in [-0.1, -0.05) is 0 Å². The fraction of sp³-hybridized carbons (Fsp3) is 0.529. The average molecular weight is 399 g/mol. The molecule has 1 N–H and O–H groups in total. The maximum atomic E-state index is 13.0. The second-order valence-corrected chi connectivity index (χ2v) is 6.45. The van der Waals surface area contributed by atoms with E-state index in [9.17, 15) is 19.7 Å². The van der Waals surface area contributed by atoms with E-state index in [0.29, 0.717) is 31.9 Å². The third kappa shape index (κ3) is 4.48. The van der Waals surface area contributed by atoms with Gasteiger partial charge in [-0.15, -0.1) is 12.4 Å². The minimum Gasteiger partial charge on any atom is -0.496 e. The van der Waals surface area contributed by atoms with Crippen molar-refractivity contribution in [3.8, 4) is 5.75 Å². The molecule has 0 aliphatic carbocycles. The molecule has 27 heavy (non-hydrogen) atoms. The Kier molecular flexibility index (Phi) is 6.98. The Hall–Kier alpha value is -2.39. The number of piperazine rings is 1. The Morgan fingerprint density at radius 1 is 1.37 bits per heavy atom. The number of nitrogens with one attached hydrogen (secondary N) is 1. The van der Waals surface area contributed by atoms with Gasteiger partial charge in [0.25, 0.3) is 11.6 Å². The minimum absolute atomic E-state index is 0. The highest BCUT2D eigenvalue weighted by Gasteiger charge is 2.33. The van der Waals surface area contributed by atoms with E-state index in [2.05, 4.69) is 5.32 Å². The summed E-state index contributed by atoms with van der Waals surface area (Å²) in [5.74, 6) is 0.0438. The first-order valence-corrected chi connectivity index (χ1v) is 8.63. The van der Waals surface area contributed by atoms with Crippen molar-refractivity contribution in [1.82, 2.24) is 15.1 Å². The van der Waals surface area contributed by atoms with E-state index in [1.807, 2.05) is 4.90 Å². The predicted octanol–water partition coefficient (Wildman–Crippen LogP) is 1.06. The van der Waals surface area contributed by atoms with E-state index in [-0.39, 0.29) is 41.5 Å². The summed E-state index contributed by atoms with van der Waals surface area (Å²) in [4.78, 5) is 39.1. The molecule has 0 aromatic heterocycles. The van der Waals surface area contributed by atoms with Gasteiger partial charge in [-0.05, 0) is 18.9 Å². The van der Waals surface area contributed by atoms with Crippen LogP contribution in [0.25, 0.3) is 0 Å². The number of likely N-dealkylation sites (tertiary alicyclic amines) is 1. The Bertz CT molecular complexity index is 729. The number of carbonyl (C=O) groups excluding carboxylic acids is 2. The summed E-state index contributed by atoms with van der Waals surface area (Å²) < 4.78 is 5.21. The number of piperidine rings is 1. The number of nitro groups is 1. The smallest absolute Gasteiger partial charge is 0.270 e. The number of non-ortho nitro benzene ring substituents is 1. The average Bonchev–Trinajstić information content (AvgIpc) is 2.67. The predicted molar refractivity (Wildman–Crippen MR) is 100 cm³/mol. The number of ether oxygens (including phenoxy) is 1. The third-order valence-electron chi connectivity index (χ3n) is 4.87. The molecule has 148 valence electrons. The molecule has 3 rings (SSSR count). The molecule has 2 amide bonds. The first kappa shape index (κ1) is 20.9. The van der Waals surface area contributed by atoms with Crippen LogP contribution < -0.4 is 10.1 Å². The van der Waals surface area contributed by atoms with E-state index < -0.39 is 4.92 Å². The lowest BCUT2D eigenvalue weighted by Crippen LogP contribution is -2.57. The summed E-state index contributed by atoms with van der Waals surface area (Å²) in [7, 11) is 1.43. The molecule has 1 unspecified atom stereocenters. The summed E-state index contributed by atoms with van der Waals surface area (Å²) >= 11 is 0. The van der Waals surface area contributed by atoms with Crippen LogP contribution >= 0.6 is 12.4 Å². The van der Waals surface area contributed by atoms with Gasteiger partial charge < -0.3 is 19.9 Å². The lowest BCUT2D eigenvalue weighted by molar-refractivity contribution is -0.384. The van der Waals surface area contributed by atoms with E-state index >= 15 is 0 Å². The van der Waals surface area contributed by atoms with Gasteiger partial charge in [-0.25, -0.2) is 0 Å². The largest absolute Gasteiger partial charge is 0.496 e. The quantitative estimate of drug-likeness (QED) is 0.600. The van der Waals surface area contributed by atoms with Crippen molar-refractivity contribution >= 4 is 29.9 Å². The van der Waals surface area contributed by atoms with Gasteiger partial charge in [0.05, 0.1) is 24.1 Å². The number of hydrogen-bond acceptors (Lipinski definition) is 6. The van der Waals surface area contributed by atoms with Crippen LogP contribution in [0.1, 0.15) is 23.2 Å². The first-order valence-electron chi connectivity index (χ1n) is 8.63. The lowest BCUT2D eigenvalue weighted by Gasteiger charge is -2.41. The van der Waals surface area contributed by atoms with Gasteiger partial charge in [0.1, 0.15) is 5.75 Å². The molecule has 0 saturated carbocycles. The summed E-state index contributed by atoms with van der Waals surface area (Å²) in [6.45, 7) is 2.68. The van der Waals surface area contributed by atoms with Gasteiger partial charge >= 0.3 is 0 Å². The molecule has 9 nitrogen and oxygen atoms in total. The van der Waals surface area contributed by atoms with Crippen molar-refractivity contribution in [2.24, 2.45) is 0 Å². The lowest BCUT2D eigenvalue weighted by atomic mass is 10.0. The Labute approximate surface area is 163 Å². The van der Waals surface area contributed by atoms with Crippen molar-refractivity contribution in [2.45, 2.75) is 18.9 Å². The third-order valence-corrected chi connectivity index (χ3v) is 4.87. The number of hydrogen-bond donors (Lipinski definition) is 1. The zero-order chi connectivity index (χ0) is 18.7. The molecule has 2 aliphatic rings. The summed E-state index contributed by atoms with van der Waals surface area (Å²) in [6.07, 6.45) is 1.63. The van der Waals surface area contributed by atoms with Crippen LogP contribution in [-0.2, 0) is 4.79 Å². The van der Waals surface area contributed by atoms with E-state index in [1.54, 1.807) is 4.90 Å². The molecule has 10 heteroatoms. The molecule has 1 atom stereocenters. The molecule has 1 aromatic carbocycles. The fourth-order valence-electron chi connectivity index (χ4n) is 3.55. The molecule has 2 saturated heterocycles. The van der Waals surface area contributed by atoms with Gasteiger partial charge in [-0.2, -0.15) is 0 Å². The summed E-state index contributed by atoms with van der Waals surface area (Å²) in [5.41, 5.74) is 0.0222. The van der Waals surface area contributed by atoms with Crippen LogP contribution in [0.2, 0.25) is 0 Å². The van der Waals surface area contributed by atoms with E-state index in [4.69, 9.17) is 4.74 Å². The topological polar surface area (TPSA) is 105 Å². The van der Waals surface area contributed by atoms with Gasteiger partial charge in [0, 0.05) is 44.4 Å². The zero-order valence-electron chi connectivity index (χ0n) is 15.1. The molecule has 0 spiro atoms. The zero-order valence-corrected chi connectivity index (χ0v) is 15.9. The number of rotatable bonds is 4. The number of amides is 2. The molecule has 0 radical (unpaired) electrons. The Balaban J connectivity index is 0.00000261. The summed E-state index contributed by atoms with van der Waals surface area (Å²) in [6, 6.07) is 3.98. The Morgan fingerprint density at radius 3 is 2.81 bits per heavy atom. The van der Waals surface area contributed by atoms with Crippen LogP contribution in [0.3, 0.4) is 0 Å². The van der Waals surface area contributed by atoms with Crippen LogP contribution in [-0.4, -0.2) is 72.4 Å². The van der Waals surface area contributed by atoms with Crippen molar-refractivity contribution in [2.75, 3.05) is 39.8 Å². The minimum atomic E-state index is -0.533. The van der Waals surface area contributed by atoms with Crippen LogP contribution in [0, 0.1) is 10.1 Å². The number of nitro benzene ring substituents is 1. The molecule has 1 aromatic rings. The maximum absolute atomic E-state index is 13.0. The van der Waals surface area contributed by atoms with Gasteiger partial charge in [0.15, 0.2) is 0 Å². The van der Waals surface area contributed by atoms with Gasteiger partial charge in [0.2, 0.25) is 5.91 Å². The van der Waals surface area contributed by atoms with E-state index in [1.165, 1.54) is 25.3 Å². The molecule has 2 aliphatic heterocycles. The van der Waals surface area contributed by atoms with Crippen LogP contribution in [0.4, 0.5) is 5.69 Å². The van der Waals surface area contributed by atoms with E-state index in [0.717, 1.165) is 19.4 Å². The number of carbonyl (C=O) groups is 2. The standard InChI is InChI=1S/C17H22N4O5.ClH/c1-26-15-5-4-12(21(24)25)9-14(15)17(23)19-7-2-3-13(11-19)20-8-6-18-10-16(20)22;/h4-5,9,13,18H,2-3,6-8,10-11H2,1H3;1H. The highest BCUT2D eigenvalue weighted by molar-refractivity contribution is 5.97. The highest BCUT2D eigenvalue weighted by Crippen LogP contribution is 2.27. The normalized spacial score (nSPS) is 20.0. The van der Waals surface area contributed by atoms with Gasteiger partial charge in [-0.3, -0.25) is 19.7 Å². The van der Waals surface area contributed by atoms with Crippen molar-refractivity contribution < 1.29 is 19.2 Å². The van der Waals surface area contributed by atoms with Crippen LogP contribution in [0.5, 0.6) is 5.75 Å². The Morgan fingerprint density at radius 2 is 2.15 bits per heavy atom. The van der Waals surface area contributed by atoms with Crippen molar-refractivity contribution in [3.63, 3.8) is 0 Å². The number of halogens is 1. The SMILES string of the molecule is COc1ccc([N+](=O)[O-])cc1C(=O)N1CCCC(N2CCNCC2=O)C1.Cl. The molecule has 0 bridgehead atoms. The summed E-state index contributed by atoms with van der Waals surface area (Å²) in [5, 5.41) is 14.1. The molecular weight excluding hydrogens is 376 g/mol. The fourth-order valence-corrected chi connectivity index (χ4v) is 3.55. The van der Waals surface area contributed by atoms with Crippen LogP contribution in [0.15, 0.2) is 18.2 Å². The van der Waals surface area contributed by atoms with Crippen molar-refractivity contribution in [1.29, 1.82) is 0 Å². The monoisotopic (exact) mass is 398 g/mol. The molecule has 2 heterocycles. The highest BCUT2D eigenvalue weighted by atomic mass is 35.5. The number of methoxy groups -OCH3 is 1. The molecular formula is C17H23ClN4O5.